The lowest BCUT2D eigenvalue weighted by molar-refractivity contribution is 0.496. The van der Waals surface area contributed by atoms with Gasteiger partial charge in [-0.25, -0.2) is 8.78 Å². The maximum absolute atomic E-state index is 15.0. The fourth-order valence-corrected chi connectivity index (χ4v) is 3.51. The fourth-order valence-electron chi connectivity index (χ4n) is 3.51. The molecule has 0 amide bonds. The molecule has 2 heterocycles. The predicted molar refractivity (Wildman–Crippen MR) is 95.3 cm³/mol. The Morgan fingerprint density at radius 1 is 1.20 bits per heavy atom. The molecule has 3 rings (SSSR count). The molecule has 0 N–H and O–H groups in total. The number of fused-ring (bicyclic) bond motifs is 3. The first-order valence-corrected chi connectivity index (χ1v) is 8.60. The van der Waals surface area contributed by atoms with Crippen molar-refractivity contribution in [1.82, 2.24) is 14.8 Å². The van der Waals surface area contributed by atoms with E-state index in [1.165, 1.54) is 0 Å². The molecule has 0 aliphatic carbocycles. The first-order chi connectivity index (χ1) is 12.0. The maximum atomic E-state index is 15.0. The molecule has 1 aromatic carbocycles. The zero-order valence-corrected chi connectivity index (χ0v) is 15.0. The van der Waals surface area contributed by atoms with Gasteiger partial charge in [0.25, 0.3) is 0 Å². The highest BCUT2D eigenvalue weighted by atomic mass is 19.2. The Kier molecular flexibility index (Phi) is 4.79. The first kappa shape index (κ1) is 17.5. The normalized spacial score (nSPS) is 13.0. The molecule has 0 fully saturated rings. The van der Waals surface area contributed by atoms with Crippen LogP contribution in [0.15, 0.2) is 16.6 Å². The van der Waals surface area contributed by atoms with Gasteiger partial charge in [-0.15, -0.1) is 10.2 Å². The summed E-state index contributed by atoms with van der Waals surface area (Å²) >= 11 is 0. The summed E-state index contributed by atoms with van der Waals surface area (Å²) in [7, 11) is 1.64. The van der Waals surface area contributed by atoms with Crippen LogP contribution in [0, 0.1) is 18.6 Å². The Labute approximate surface area is 146 Å². The molecule has 0 atom stereocenters. The topological polar surface area (TPSA) is 43.1 Å². The molecule has 25 heavy (non-hydrogen) atoms. The molecule has 0 radical (unpaired) electrons. The lowest BCUT2D eigenvalue weighted by Gasteiger charge is -2.22. The molecule has 1 aliphatic heterocycles. The van der Waals surface area contributed by atoms with Crippen LogP contribution in [-0.4, -0.2) is 28.0 Å². The van der Waals surface area contributed by atoms with Gasteiger partial charge < -0.3 is 0 Å². The van der Waals surface area contributed by atoms with Crippen molar-refractivity contribution in [3.63, 3.8) is 0 Å². The number of rotatable bonds is 4. The largest absolute Gasteiger partial charge is 0.296 e. The molecule has 0 unspecified atom stereocenters. The summed E-state index contributed by atoms with van der Waals surface area (Å²) in [6.45, 7) is 5.78. The minimum atomic E-state index is -0.843. The third-order valence-corrected chi connectivity index (χ3v) is 4.78. The second-order valence-electron chi connectivity index (χ2n) is 6.17. The Morgan fingerprint density at radius 2 is 1.92 bits per heavy atom. The summed E-state index contributed by atoms with van der Waals surface area (Å²) in [4.78, 5) is 4.06. The van der Waals surface area contributed by atoms with Gasteiger partial charge in [-0.1, -0.05) is 19.4 Å². The van der Waals surface area contributed by atoms with Crippen molar-refractivity contribution in [3.8, 4) is 5.69 Å². The Balaban J connectivity index is 2.29. The van der Waals surface area contributed by atoms with Gasteiger partial charge >= 0.3 is 0 Å². The van der Waals surface area contributed by atoms with E-state index in [-0.39, 0.29) is 11.3 Å². The van der Waals surface area contributed by atoms with E-state index in [0.29, 0.717) is 30.1 Å². The van der Waals surface area contributed by atoms with Crippen LogP contribution in [0.2, 0.25) is 0 Å². The monoisotopic (exact) mass is 344 g/mol. The molecule has 0 saturated heterocycles. The minimum absolute atomic E-state index is 0.243. The van der Waals surface area contributed by atoms with E-state index in [1.54, 1.807) is 30.8 Å². The third-order valence-electron chi connectivity index (χ3n) is 4.78. The number of halogens is 2. The van der Waals surface area contributed by atoms with Crippen LogP contribution < -0.4 is 0 Å². The zero-order chi connectivity index (χ0) is 18.1. The molecule has 1 aliphatic rings. The van der Waals surface area contributed by atoms with Gasteiger partial charge in [0.15, 0.2) is 11.6 Å². The van der Waals surface area contributed by atoms with Gasteiger partial charge in [0.2, 0.25) is 0 Å². The number of nitrogens with zero attached hydrogens (tertiary/aromatic N) is 4. The van der Waals surface area contributed by atoms with Crippen LogP contribution in [0.5, 0.6) is 0 Å². The highest BCUT2D eigenvalue weighted by Crippen LogP contribution is 2.34. The standard InChI is InChI=1S/C19H22F2N4/c1-5-12(6-2)15(10-22-4)14-9-13-7-8-16-24-23-11(3)25(16)19(13)18(21)17(14)20/h9-10H,5-8H2,1-4H3. The average Bonchev–Trinajstić information content (AvgIpc) is 2.99. The van der Waals surface area contributed by atoms with Crippen LogP contribution in [0.1, 0.15) is 49.5 Å². The van der Waals surface area contributed by atoms with Crippen LogP contribution >= 0.6 is 0 Å². The quantitative estimate of drug-likeness (QED) is 0.779. The number of hydrogen-bond acceptors (Lipinski definition) is 3. The van der Waals surface area contributed by atoms with E-state index in [2.05, 4.69) is 15.2 Å². The number of aryl methyl sites for hydroxylation is 3. The predicted octanol–water partition coefficient (Wildman–Crippen LogP) is 4.23. The second-order valence-corrected chi connectivity index (χ2v) is 6.17. The van der Waals surface area contributed by atoms with Gasteiger partial charge in [-0.2, -0.15) is 0 Å². The summed E-state index contributed by atoms with van der Waals surface area (Å²) < 4.78 is 31.7. The molecule has 4 nitrogen and oxygen atoms in total. The first-order valence-electron chi connectivity index (χ1n) is 8.60. The molecule has 132 valence electrons. The van der Waals surface area contributed by atoms with Crippen molar-refractivity contribution in [2.75, 3.05) is 7.05 Å². The van der Waals surface area contributed by atoms with Crippen LogP contribution in [0.25, 0.3) is 11.3 Å². The van der Waals surface area contributed by atoms with Crippen molar-refractivity contribution >= 4 is 11.8 Å². The van der Waals surface area contributed by atoms with E-state index in [1.807, 2.05) is 13.8 Å². The van der Waals surface area contributed by atoms with Crippen LogP contribution in [0.4, 0.5) is 8.78 Å². The van der Waals surface area contributed by atoms with Crippen molar-refractivity contribution in [2.24, 2.45) is 4.99 Å². The molecule has 0 spiro atoms. The molecule has 2 aromatic rings. The lowest BCUT2D eigenvalue weighted by Crippen LogP contribution is -2.17. The SMILES string of the molecule is CCC(CC)=C(C=NC)c1cc2c(c(F)c1F)-n1c(C)nnc1CC2. The smallest absolute Gasteiger partial charge is 0.183 e. The highest BCUT2D eigenvalue weighted by molar-refractivity contribution is 6.11. The van der Waals surface area contributed by atoms with Crippen LogP contribution in [-0.2, 0) is 12.8 Å². The Morgan fingerprint density at radius 3 is 2.56 bits per heavy atom. The van der Waals surface area contributed by atoms with E-state index >= 15 is 8.78 Å². The number of aliphatic imine (C=N–C) groups is 1. The second kappa shape index (κ2) is 6.86. The molecule has 0 saturated carbocycles. The van der Waals surface area contributed by atoms with Gasteiger partial charge in [0.1, 0.15) is 11.6 Å². The number of allylic oxidation sites excluding steroid dienone is 2. The minimum Gasteiger partial charge on any atom is -0.296 e. The van der Waals surface area contributed by atoms with E-state index in [0.717, 1.165) is 24.0 Å². The molecular formula is C19H22F2N4. The van der Waals surface area contributed by atoms with E-state index in [9.17, 15) is 0 Å². The summed E-state index contributed by atoms with van der Waals surface area (Å²) in [6.07, 6.45) is 4.44. The van der Waals surface area contributed by atoms with E-state index in [4.69, 9.17) is 0 Å². The lowest BCUT2D eigenvalue weighted by atomic mass is 9.92. The summed E-state index contributed by atoms with van der Waals surface area (Å²) in [6, 6.07) is 1.76. The van der Waals surface area contributed by atoms with Crippen LogP contribution in [0.3, 0.4) is 0 Å². The Hall–Kier alpha value is -2.37. The fraction of sp³-hybridized carbons (Fsp3) is 0.421. The number of aromatic nitrogens is 3. The zero-order valence-electron chi connectivity index (χ0n) is 15.0. The number of hydrogen-bond donors (Lipinski definition) is 0. The molecule has 6 heteroatoms. The molecule has 0 bridgehead atoms. The van der Waals surface area contributed by atoms with Crippen molar-refractivity contribution < 1.29 is 8.78 Å². The average molecular weight is 344 g/mol. The summed E-state index contributed by atoms with van der Waals surface area (Å²) in [5, 5.41) is 8.06. The van der Waals surface area contributed by atoms with Crippen molar-refractivity contribution in [1.29, 1.82) is 0 Å². The highest BCUT2D eigenvalue weighted by Gasteiger charge is 2.28. The van der Waals surface area contributed by atoms with Gasteiger partial charge in [0, 0.05) is 30.8 Å². The van der Waals surface area contributed by atoms with E-state index < -0.39 is 11.6 Å². The van der Waals surface area contributed by atoms with Gasteiger partial charge in [-0.05, 0) is 37.8 Å². The molecule has 1 aromatic heterocycles. The van der Waals surface area contributed by atoms with Gasteiger partial charge in [0.05, 0.1) is 5.69 Å². The van der Waals surface area contributed by atoms with Crippen molar-refractivity contribution in [3.05, 3.63) is 46.0 Å². The number of benzene rings is 1. The van der Waals surface area contributed by atoms with Crippen molar-refractivity contribution in [2.45, 2.75) is 46.5 Å². The summed E-state index contributed by atoms with van der Waals surface area (Å²) in [5.41, 5.74) is 3.04. The van der Waals surface area contributed by atoms with Gasteiger partial charge in [-0.3, -0.25) is 9.56 Å². The Bertz CT molecular complexity index is 872. The maximum Gasteiger partial charge on any atom is 0.183 e. The molecular weight excluding hydrogens is 322 g/mol. The summed E-state index contributed by atoms with van der Waals surface area (Å²) in [5.74, 6) is -0.445. The third kappa shape index (κ3) is 2.79.